The first-order chi connectivity index (χ1) is 7.97. The summed E-state index contributed by atoms with van der Waals surface area (Å²) in [7, 11) is 2.03. The van der Waals surface area contributed by atoms with Crippen molar-refractivity contribution in [1.82, 2.24) is 9.88 Å². The second-order valence-corrected chi connectivity index (χ2v) is 4.55. The summed E-state index contributed by atoms with van der Waals surface area (Å²) in [4.78, 5) is 5.58. The summed E-state index contributed by atoms with van der Waals surface area (Å²) < 4.78 is 37.6. The van der Waals surface area contributed by atoms with Crippen LogP contribution < -0.4 is 0 Å². The molecule has 0 bridgehead atoms. The van der Waals surface area contributed by atoms with E-state index >= 15 is 0 Å². The van der Waals surface area contributed by atoms with E-state index in [1.807, 2.05) is 7.05 Å². The van der Waals surface area contributed by atoms with Gasteiger partial charge in [-0.05, 0) is 56.6 Å². The molecule has 1 fully saturated rings. The largest absolute Gasteiger partial charge is 0.433 e. The molecule has 1 saturated heterocycles. The topological polar surface area (TPSA) is 16.1 Å². The van der Waals surface area contributed by atoms with Gasteiger partial charge in [-0.2, -0.15) is 13.2 Å². The summed E-state index contributed by atoms with van der Waals surface area (Å²) >= 11 is 0. The lowest BCUT2D eigenvalue weighted by Gasteiger charge is -2.29. The summed E-state index contributed by atoms with van der Waals surface area (Å²) in [6, 6.07) is 2.89. The van der Waals surface area contributed by atoms with Crippen LogP contribution in [0.4, 0.5) is 13.2 Å². The molecule has 2 heterocycles. The van der Waals surface area contributed by atoms with Crippen molar-refractivity contribution in [2.75, 3.05) is 20.1 Å². The Hall–Kier alpha value is -1.10. The van der Waals surface area contributed by atoms with Gasteiger partial charge in [0.25, 0.3) is 0 Å². The van der Waals surface area contributed by atoms with Gasteiger partial charge in [-0.3, -0.25) is 4.98 Å². The zero-order valence-corrected chi connectivity index (χ0v) is 9.67. The van der Waals surface area contributed by atoms with Crippen molar-refractivity contribution in [3.05, 3.63) is 29.6 Å². The highest BCUT2D eigenvalue weighted by Gasteiger charge is 2.33. The molecule has 0 aliphatic carbocycles. The third kappa shape index (κ3) is 2.97. The normalized spacial score (nSPS) is 19.5. The van der Waals surface area contributed by atoms with Crippen molar-refractivity contribution >= 4 is 0 Å². The molecule has 1 aliphatic heterocycles. The monoisotopic (exact) mass is 244 g/mol. The molecule has 17 heavy (non-hydrogen) atoms. The van der Waals surface area contributed by atoms with E-state index in [-0.39, 0.29) is 5.92 Å². The first-order valence-electron chi connectivity index (χ1n) is 5.68. The Morgan fingerprint density at radius 1 is 1.29 bits per heavy atom. The molecule has 5 heteroatoms. The molecule has 0 aromatic carbocycles. The Morgan fingerprint density at radius 3 is 2.53 bits per heavy atom. The molecule has 0 N–H and O–H groups in total. The highest BCUT2D eigenvalue weighted by atomic mass is 19.4. The molecule has 1 aliphatic rings. The quantitative estimate of drug-likeness (QED) is 0.755. The number of piperidine rings is 1. The van der Waals surface area contributed by atoms with Gasteiger partial charge in [-0.1, -0.05) is 0 Å². The minimum absolute atomic E-state index is 0.232. The average molecular weight is 244 g/mol. The third-order valence-corrected chi connectivity index (χ3v) is 3.26. The summed E-state index contributed by atoms with van der Waals surface area (Å²) in [6.07, 6.45) is -1.26. The lowest BCUT2D eigenvalue weighted by molar-refractivity contribution is -0.141. The Balaban J connectivity index is 2.16. The van der Waals surface area contributed by atoms with Crippen LogP contribution in [0.15, 0.2) is 18.3 Å². The molecule has 1 aromatic rings. The van der Waals surface area contributed by atoms with Gasteiger partial charge < -0.3 is 4.90 Å². The van der Waals surface area contributed by atoms with Gasteiger partial charge in [0.2, 0.25) is 0 Å². The first-order valence-corrected chi connectivity index (χ1v) is 5.68. The molecular formula is C12H15F3N2. The van der Waals surface area contributed by atoms with E-state index in [4.69, 9.17) is 0 Å². The van der Waals surface area contributed by atoms with Crippen LogP contribution in [-0.4, -0.2) is 30.0 Å². The van der Waals surface area contributed by atoms with E-state index in [0.717, 1.165) is 31.5 Å². The fraction of sp³-hybridized carbons (Fsp3) is 0.583. The van der Waals surface area contributed by atoms with Crippen LogP contribution in [0.1, 0.15) is 30.0 Å². The van der Waals surface area contributed by atoms with E-state index in [0.29, 0.717) is 0 Å². The third-order valence-electron chi connectivity index (χ3n) is 3.26. The van der Waals surface area contributed by atoms with Gasteiger partial charge in [0.1, 0.15) is 5.69 Å². The highest BCUT2D eigenvalue weighted by molar-refractivity contribution is 5.22. The minimum Gasteiger partial charge on any atom is -0.306 e. The van der Waals surface area contributed by atoms with Crippen LogP contribution in [0.25, 0.3) is 0 Å². The van der Waals surface area contributed by atoms with E-state index in [1.165, 1.54) is 12.3 Å². The van der Waals surface area contributed by atoms with Gasteiger partial charge in [0, 0.05) is 6.20 Å². The molecule has 0 saturated carbocycles. The second-order valence-electron chi connectivity index (χ2n) is 4.55. The zero-order chi connectivity index (χ0) is 12.5. The van der Waals surface area contributed by atoms with Gasteiger partial charge in [0.15, 0.2) is 0 Å². The maximum Gasteiger partial charge on any atom is 0.433 e. The lowest BCUT2D eigenvalue weighted by Crippen LogP contribution is -2.29. The van der Waals surface area contributed by atoms with Gasteiger partial charge >= 0.3 is 6.18 Å². The summed E-state index contributed by atoms with van der Waals surface area (Å²) in [5.74, 6) is 0.232. The fourth-order valence-electron chi connectivity index (χ4n) is 2.20. The highest BCUT2D eigenvalue weighted by Crippen LogP contribution is 2.32. The number of likely N-dealkylation sites (tertiary alicyclic amines) is 1. The molecule has 1 aromatic heterocycles. The number of rotatable bonds is 1. The summed E-state index contributed by atoms with van der Waals surface area (Å²) in [6.45, 7) is 1.88. The number of hydrogen-bond acceptors (Lipinski definition) is 2. The number of aromatic nitrogens is 1. The number of alkyl halides is 3. The van der Waals surface area contributed by atoms with E-state index in [9.17, 15) is 13.2 Å². The predicted molar refractivity (Wildman–Crippen MR) is 58.7 cm³/mol. The van der Waals surface area contributed by atoms with Gasteiger partial charge in [-0.25, -0.2) is 0 Å². The van der Waals surface area contributed by atoms with Crippen LogP contribution in [0.2, 0.25) is 0 Å². The average Bonchev–Trinajstić information content (AvgIpc) is 2.29. The molecule has 0 amide bonds. The van der Waals surface area contributed by atoms with E-state index < -0.39 is 11.9 Å². The van der Waals surface area contributed by atoms with Crippen molar-refractivity contribution in [3.8, 4) is 0 Å². The molecule has 2 nitrogen and oxygen atoms in total. The summed E-state index contributed by atoms with van der Waals surface area (Å²) in [5.41, 5.74) is -0.0191. The smallest absolute Gasteiger partial charge is 0.306 e. The van der Waals surface area contributed by atoms with Crippen LogP contribution in [-0.2, 0) is 6.18 Å². The molecule has 94 valence electrons. The van der Waals surface area contributed by atoms with Crippen molar-refractivity contribution in [3.63, 3.8) is 0 Å². The first kappa shape index (κ1) is 12.4. The molecule has 0 unspecified atom stereocenters. The Kier molecular flexibility index (Phi) is 3.38. The Labute approximate surface area is 98.5 Å². The van der Waals surface area contributed by atoms with E-state index in [1.54, 1.807) is 6.07 Å². The Morgan fingerprint density at radius 2 is 1.94 bits per heavy atom. The van der Waals surface area contributed by atoms with Crippen molar-refractivity contribution in [2.45, 2.75) is 24.9 Å². The molecule has 0 spiro atoms. The number of halogens is 3. The zero-order valence-electron chi connectivity index (χ0n) is 9.67. The van der Waals surface area contributed by atoms with Crippen molar-refractivity contribution < 1.29 is 13.2 Å². The SMILES string of the molecule is CN1CCC(c2ccnc(C(F)(F)F)c2)CC1. The standard InChI is InChI=1S/C12H15F3N2/c1-17-6-3-9(4-7-17)10-2-5-16-11(8-10)12(13,14)15/h2,5,8-9H,3-4,6-7H2,1H3. The second kappa shape index (κ2) is 4.64. The number of hydrogen-bond donors (Lipinski definition) is 0. The predicted octanol–water partition coefficient (Wildman–Crippen LogP) is 2.91. The van der Waals surface area contributed by atoms with Crippen molar-refractivity contribution in [1.29, 1.82) is 0 Å². The van der Waals surface area contributed by atoms with Crippen LogP contribution >= 0.6 is 0 Å². The van der Waals surface area contributed by atoms with Crippen LogP contribution in [0, 0.1) is 0 Å². The molecule has 0 atom stereocenters. The minimum atomic E-state index is -4.35. The van der Waals surface area contributed by atoms with Gasteiger partial charge in [0.05, 0.1) is 0 Å². The van der Waals surface area contributed by atoms with Gasteiger partial charge in [-0.15, -0.1) is 0 Å². The molecule has 2 rings (SSSR count). The Bertz CT molecular complexity index is 382. The summed E-state index contributed by atoms with van der Waals surface area (Å²) in [5, 5.41) is 0. The van der Waals surface area contributed by atoms with Crippen LogP contribution in [0.5, 0.6) is 0 Å². The van der Waals surface area contributed by atoms with E-state index in [2.05, 4.69) is 9.88 Å². The lowest BCUT2D eigenvalue weighted by atomic mass is 9.90. The maximum absolute atomic E-state index is 12.5. The maximum atomic E-state index is 12.5. The fourth-order valence-corrected chi connectivity index (χ4v) is 2.20. The van der Waals surface area contributed by atoms with Crippen molar-refractivity contribution in [2.24, 2.45) is 0 Å². The number of nitrogens with zero attached hydrogens (tertiary/aromatic N) is 2. The molecular weight excluding hydrogens is 229 g/mol. The molecule has 0 radical (unpaired) electrons. The number of pyridine rings is 1. The van der Waals surface area contributed by atoms with Crippen LogP contribution in [0.3, 0.4) is 0 Å².